The van der Waals surface area contributed by atoms with Crippen molar-refractivity contribution in [3.8, 4) is 0 Å². The Labute approximate surface area is 194 Å². The van der Waals surface area contributed by atoms with E-state index < -0.39 is 12.0 Å². The average Bonchev–Trinajstić information content (AvgIpc) is 2.61. The first-order chi connectivity index (χ1) is 13.0. The van der Waals surface area contributed by atoms with E-state index in [-0.39, 0.29) is 42.9 Å². The summed E-state index contributed by atoms with van der Waals surface area (Å²) >= 11 is 0. The molecule has 0 rings (SSSR count). The van der Waals surface area contributed by atoms with Crippen LogP contribution in [0, 0.1) is 0 Å². The number of carbonyl (C=O) groups excluding carboxylic acids is 1. The number of hydrogen-bond acceptors (Lipinski definition) is 3. The Balaban J connectivity index is -0.00000338. The van der Waals surface area contributed by atoms with E-state index in [0.29, 0.717) is 25.8 Å². The van der Waals surface area contributed by atoms with Gasteiger partial charge in [0.2, 0.25) is 5.91 Å². The van der Waals surface area contributed by atoms with Crippen LogP contribution < -0.4 is 46.3 Å². The van der Waals surface area contributed by atoms with E-state index in [1.54, 1.807) is 0 Å². The fourth-order valence-corrected chi connectivity index (χ4v) is 2.98. The third kappa shape index (κ3) is 20.0. The van der Waals surface area contributed by atoms with Gasteiger partial charge in [-0.25, -0.2) is 4.79 Å². The van der Waals surface area contributed by atoms with Crippen LogP contribution in [-0.2, 0) is 9.59 Å². The minimum Gasteiger partial charge on any atom is -1.00 e. The molecule has 6 N–H and O–H groups in total. The number of aliphatic carboxylic acids is 1. The second-order valence-electron chi connectivity index (χ2n) is 7.19. The van der Waals surface area contributed by atoms with E-state index in [2.05, 4.69) is 17.2 Å². The molecular weight excluding hydrogens is 367 g/mol. The zero-order valence-corrected chi connectivity index (χ0v) is 20.0. The Morgan fingerprint density at radius 3 is 1.89 bits per heavy atom. The van der Waals surface area contributed by atoms with Crippen LogP contribution in [0.4, 0.5) is 0 Å². The molecule has 0 aromatic rings. The van der Waals surface area contributed by atoms with Gasteiger partial charge in [0.05, 0.1) is 0 Å². The van der Waals surface area contributed by atoms with Crippen molar-refractivity contribution in [1.29, 1.82) is 0 Å². The molecular formula is C20H41N4NaO3. The van der Waals surface area contributed by atoms with Crippen molar-refractivity contribution < 1.29 is 45.7 Å². The Kier molecular flexibility index (Phi) is 22.0. The zero-order chi connectivity index (χ0) is 20.3. The first-order valence-electron chi connectivity index (χ1n) is 10.5. The summed E-state index contributed by atoms with van der Waals surface area (Å²) in [6.45, 7) is 2.60. The van der Waals surface area contributed by atoms with Crippen molar-refractivity contribution in [1.82, 2.24) is 5.32 Å². The molecule has 0 bridgehead atoms. The van der Waals surface area contributed by atoms with Crippen LogP contribution >= 0.6 is 0 Å². The molecule has 0 aliphatic heterocycles. The Bertz CT molecular complexity index is 436. The first kappa shape index (κ1) is 29.4. The third-order valence-electron chi connectivity index (χ3n) is 4.59. The summed E-state index contributed by atoms with van der Waals surface area (Å²) in [7, 11) is 0. The molecule has 0 aromatic heterocycles. The van der Waals surface area contributed by atoms with Crippen molar-refractivity contribution in [2.45, 2.75) is 103 Å². The number of carbonyl (C=O) groups is 2. The summed E-state index contributed by atoms with van der Waals surface area (Å²) in [4.78, 5) is 27.0. The summed E-state index contributed by atoms with van der Waals surface area (Å²) in [5.41, 5.74) is 10.4. The SMILES string of the molecule is CCCCCCCCCCCCCC(=O)N[C@@H](CCCN=C(N)N)C(=O)O.[H-].[Na+]. The Morgan fingerprint density at radius 1 is 0.929 bits per heavy atom. The van der Waals surface area contributed by atoms with Crippen LogP contribution in [0.15, 0.2) is 4.99 Å². The topological polar surface area (TPSA) is 131 Å². The normalized spacial score (nSPS) is 11.3. The van der Waals surface area contributed by atoms with E-state index in [1.165, 1.54) is 51.4 Å². The number of nitrogens with two attached hydrogens (primary N) is 2. The van der Waals surface area contributed by atoms with Crippen LogP contribution in [0.2, 0.25) is 0 Å². The number of guanidine groups is 1. The number of rotatable bonds is 18. The van der Waals surface area contributed by atoms with Gasteiger partial charge in [-0.3, -0.25) is 9.79 Å². The predicted molar refractivity (Wildman–Crippen MR) is 112 cm³/mol. The van der Waals surface area contributed by atoms with Crippen LogP contribution in [-0.4, -0.2) is 35.5 Å². The molecule has 0 saturated heterocycles. The van der Waals surface area contributed by atoms with Crippen molar-refractivity contribution in [2.75, 3.05) is 6.54 Å². The molecule has 0 saturated carbocycles. The van der Waals surface area contributed by atoms with E-state index in [9.17, 15) is 14.7 Å². The second kappa shape index (κ2) is 20.9. The van der Waals surface area contributed by atoms with Gasteiger partial charge in [-0.2, -0.15) is 0 Å². The van der Waals surface area contributed by atoms with Gasteiger partial charge in [-0.05, 0) is 19.3 Å². The Hall–Kier alpha value is -0.790. The van der Waals surface area contributed by atoms with Gasteiger partial charge in [0.1, 0.15) is 6.04 Å². The molecule has 1 atom stereocenters. The van der Waals surface area contributed by atoms with Gasteiger partial charge in [0.25, 0.3) is 0 Å². The number of nitrogens with one attached hydrogen (secondary N) is 1. The molecule has 0 spiro atoms. The number of unbranched alkanes of at least 4 members (excludes halogenated alkanes) is 10. The van der Waals surface area contributed by atoms with Crippen molar-refractivity contribution in [3.05, 3.63) is 0 Å². The minimum absolute atomic E-state index is 0. The summed E-state index contributed by atoms with van der Waals surface area (Å²) in [6.07, 6.45) is 14.7. The van der Waals surface area contributed by atoms with Crippen molar-refractivity contribution >= 4 is 17.8 Å². The number of carboxylic acid groups (broad SMARTS) is 1. The summed E-state index contributed by atoms with van der Waals surface area (Å²) < 4.78 is 0. The zero-order valence-electron chi connectivity index (χ0n) is 19.0. The fourth-order valence-electron chi connectivity index (χ4n) is 2.98. The smallest absolute Gasteiger partial charge is 1.00 e. The van der Waals surface area contributed by atoms with Gasteiger partial charge in [-0.1, -0.05) is 71.1 Å². The van der Waals surface area contributed by atoms with E-state index in [1.807, 2.05) is 0 Å². The number of nitrogens with zero attached hydrogens (tertiary/aromatic N) is 1. The number of aliphatic imine (C=N–C) groups is 1. The Morgan fingerprint density at radius 2 is 1.43 bits per heavy atom. The number of hydrogen-bond donors (Lipinski definition) is 4. The second-order valence-corrected chi connectivity index (χ2v) is 7.19. The first-order valence-corrected chi connectivity index (χ1v) is 10.5. The standard InChI is InChI=1S/C20H40N4O3.Na.H/c1-2-3-4-5-6-7-8-9-10-11-12-15-18(25)24-17(19(26)27)14-13-16-23-20(21)22;;/h17H,2-16H2,1H3,(H,24,25)(H,26,27)(H4,21,22,23);;/q;+1;-1/t17-;;/m0../s1. The maximum Gasteiger partial charge on any atom is 1.00 e. The summed E-state index contributed by atoms with van der Waals surface area (Å²) in [5.74, 6) is -1.23. The average molecular weight is 409 g/mol. The molecule has 28 heavy (non-hydrogen) atoms. The molecule has 1 amide bonds. The molecule has 7 nitrogen and oxygen atoms in total. The van der Waals surface area contributed by atoms with Crippen LogP contribution in [0.25, 0.3) is 0 Å². The number of amides is 1. The molecule has 0 aliphatic rings. The maximum absolute atomic E-state index is 11.9. The molecule has 0 unspecified atom stereocenters. The number of carboxylic acids is 1. The third-order valence-corrected chi connectivity index (χ3v) is 4.59. The quantitative estimate of drug-likeness (QED) is 0.113. The molecule has 0 aromatic carbocycles. The summed E-state index contributed by atoms with van der Waals surface area (Å²) in [6, 6.07) is -0.876. The van der Waals surface area contributed by atoms with Gasteiger partial charge < -0.3 is 23.3 Å². The van der Waals surface area contributed by atoms with Crippen LogP contribution in [0.3, 0.4) is 0 Å². The molecule has 160 valence electrons. The maximum atomic E-state index is 11.9. The van der Waals surface area contributed by atoms with Crippen molar-refractivity contribution in [2.24, 2.45) is 16.5 Å². The minimum atomic E-state index is -1.02. The van der Waals surface area contributed by atoms with Crippen molar-refractivity contribution in [3.63, 3.8) is 0 Å². The van der Waals surface area contributed by atoms with Crippen LogP contribution in [0.5, 0.6) is 0 Å². The molecule has 8 heteroatoms. The predicted octanol–water partition coefficient (Wildman–Crippen LogP) is 0.427. The molecule has 0 heterocycles. The van der Waals surface area contributed by atoms with Gasteiger partial charge in [0, 0.05) is 13.0 Å². The summed E-state index contributed by atoms with van der Waals surface area (Å²) in [5, 5.41) is 11.8. The monoisotopic (exact) mass is 408 g/mol. The van der Waals surface area contributed by atoms with E-state index >= 15 is 0 Å². The van der Waals surface area contributed by atoms with E-state index in [0.717, 1.165) is 19.3 Å². The molecule has 0 aliphatic carbocycles. The van der Waals surface area contributed by atoms with Gasteiger partial charge in [-0.15, -0.1) is 0 Å². The largest absolute Gasteiger partial charge is 1.00 e. The molecule has 0 fully saturated rings. The van der Waals surface area contributed by atoms with Gasteiger partial charge >= 0.3 is 35.5 Å². The van der Waals surface area contributed by atoms with Gasteiger partial charge in [0.15, 0.2) is 5.96 Å². The van der Waals surface area contributed by atoms with Crippen LogP contribution in [0.1, 0.15) is 98.2 Å². The fraction of sp³-hybridized carbons (Fsp3) is 0.850. The molecule has 0 radical (unpaired) electrons. The van der Waals surface area contributed by atoms with E-state index in [4.69, 9.17) is 11.5 Å².